The molecule has 0 aliphatic carbocycles. The Bertz CT molecular complexity index is 818. The molecule has 1 aliphatic heterocycles. The van der Waals surface area contributed by atoms with Gasteiger partial charge in [0.15, 0.2) is 5.76 Å². The Morgan fingerprint density at radius 3 is 2.63 bits per heavy atom. The molecule has 1 aromatic carbocycles. The van der Waals surface area contributed by atoms with Gasteiger partial charge in [-0.2, -0.15) is 0 Å². The van der Waals surface area contributed by atoms with Gasteiger partial charge < -0.3 is 9.73 Å². The van der Waals surface area contributed by atoms with Crippen LogP contribution in [-0.2, 0) is 11.3 Å². The number of benzene rings is 1. The van der Waals surface area contributed by atoms with Crippen LogP contribution in [0.15, 0.2) is 34.9 Å². The molecular weight excluding hydrogens is 366 g/mol. The maximum absolute atomic E-state index is 12.8. The van der Waals surface area contributed by atoms with E-state index in [1.807, 2.05) is 12.1 Å². The number of hydrogen-bond acceptors (Lipinski definition) is 4. The summed E-state index contributed by atoms with van der Waals surface area (Å²) in [5.41, 5.74) is -0.0210. The van der Waals surface area contributed by atoms with Crippen molar-refractivity contribution >= 4 is 23.5 Å². The summed E-state index contributed by atoms with van der Waals surface area (Å²) < 4.78 is 5.72. The first-order valence-corrected chi connectivity index (χ1v) is 9.65. The summed E-state index contributed by atoms with van der Waals surface area (Å²) in [4.78, 5) is 30.5. The van der Waals surface area contributed by atoms with Gasteiger partial charge in [0.05, 0.1) is 6.20 Å². The van der Waals surface area contributed by atoms with Crippen LogP contribution in [0.3, 0.4) is 0 Å². The summed E-state index contributed by atoms with van der Waals surface area (Å²) in [6.45, 7) is 3.94. The highest BCUT2D eigenvalue weighted by atomic mass is 35.5. The zero-order chi connectivity index (χ0) is 19.4. The number of rotatable bonds is 8. The highest BCUT2D eigenvalue weighted by Gasteiger charge is 2.47. The topological polar surface area (TPSA) is 75.4 Å². The number of imide groups is 1. The Balaban J connectivity index is 1.66. The number of hydrogen-bond donors (Lipinski definition) is 1. The molecule has 0 bridgehead atoms. The second-order valence-electron chi connectivity index (χ2n) is 7.09. The second kappa shape index (κ2) is 8.13. The number of nitrogens with zero attached hydrogens (tertiary/aromatic N) is 2. The Morgan fingerprint density at radius 1 is 1.19 bits per heavy atom. The number of carbonyl (C=O) groups is 2. The van der Waals surface area contributed by atoms with Crippen molar-refractivity contribution in [3.63, 3.8) is 0 Å². The standard InChI is InChI=1S/C20H24ClN3O3/c1-3-4-5-6-11-20(2)18(25)24(19(26)23-20)13-17-22-12-16(27-17)14-7-9-15(21)10-8-14/h7-10,12H,3-6,11,13H2,1-2H3,(H,23,26). The van der Waals surface area contributed by atoms with Crippen molar-refractivity contribution in [3.05, 3.63) is 41.4 Å². The number of aromatic nitrogens is 1. The molecule has 7 heteroatoms. The Morgan fingerprint density at radius 2 is 1.93 bits per heavy atom. The molecule has 0 radical (unpaired) electrons. The van der Waals surface area contributed by atoms with E-state index in [1.165, 1.54) is 4.90 Å². The van der Waals surface area contributed by atoms with Crippen molar-refractivity contribution < 1.29 is 14.0 Å². The minimum Gasteiger partial charge on any atom is -0.439 e. The van der Waals surface area contributed by atoms with E-state index in [9.17, 15) is 9.59 Å². The summed E-state index contributed by atoms with van der Waals surface area (Å²) >= 11 is 5.90. The van der Waals surface area contributed by atoms with E-state index in [1.54, 1.807) is 25.3 Å². The van der Waals surface area contributed by atoms with Gasteiger partial charge in [-0.15, -0.1) is 0 Å². The van der Waals surface area contributed by atoms with Gasteiger partial charge in [0.25, 0.3) is 5.91 Å². The molecule has 3 rings (SSSR count). The van der Waals surface area contributed by atoms with E-state index in [0.29, 0.717) is 23.1 Å². The third kappa shape index (κ3) is 4.33. The van der Waals surface area contributed by atoms with Crippen LogP contribution in [0.4, 0.5) is 4.79 Å². The summed E-state index contributed by atoms with van der Waals surface area (Å²) in [5.74, 6) is 0.657. The van der Waals surface area contributed by atoms with Gasteiger partial charge in [-0.3, -0.25) is 9.69 Å². The molecule has 1 atom stereocenters. The fraction of sp³-hybridized carbons (Fsp3) is 0.450. The minimum absolute atomic E-state index is 0.0167. The lowest BCUT2D eigenvalue weighted by molar-refractivity contribution is -0.131. The third-order valence-electron chi connectivity index (χ3n) is 4.85. The van der Waals surface area contributed by atoms with Gasteiger partial charge in [-0.05, 0) is 37.6 Å². The quantitative estimate of drug-likeness (QED) is 0.521. The average molecular weight is 390 g/mol. The molecule has 1 aliphatic rings. The zero-order valence-corrected chi connectivity index (χ0v) is 16.4. The molecule has 144 valence electrons. The molecule has 2 aromatic rings. The molecule has 1 N–H and O–H groups in total. The van der Waals surface area contributed by atoms with Crippen LogP contribution in [0.25, 0.3) is 11.3 Å². The van der Waals surface area contributed by atoms with Gasteiger partial charge in [-0.25, -0.2) is 9.78 Å². The van der Waals surface area contributed by atoms with Crippen molar-refractivity contribution in [1.29, 1.82) is 0 Å². The molecule has 1 saturated heterocycles. The van der Waals surface area contributed by atoms with E-state index in [-0.39, 0.29) is 12.5 Å². The van der Waals surface area contributed by atoms with Gasteiger partial charge >= 0.3 is 6.03 Å². The van der Waals surface area contributed by atoms with Crippen LogP contribution in [0.2, 0.25) is 5.02 Å². The van der Waals surface area contributed by atoms with Gasteiger partial charge in [0, 0.05) is 10.6 Å². The largest absolute Gasteiger partial charge is 0.439 e. The van der Waals surface area contributed by atoms with E-state index >= 15 is 0 Å². The molecule has 27 heavy (non-hydrogen) atoms. The Kier molecular flexibility index (Phi) is 5.85. The molecule has 0 saturated carbocycles. The zero-order valence-electron chi connectivity index (χ0n) is 15.6. The molecule has 1 fully saturated rings. The van der Waals surface area contributed by atoms with E-state index in [2.05, 4.69) is 17.2 Å². The fourth-order valence-electron chi connectivity index (χ4n) is 3.23. The number of oxazole rings is 1. The van der Waals surface area contributed by atoms with Crippen molar-refractivity contribution in [3.8, 4) is 11.3 Å². The van der Waals surface area contributed by atoms with Gasteiger partial charge in [0.1, 0.15) is 12.1 Å². The van der Waals surface area contributed by atoms with E-state index in [0.717, 1.165) is 31.2 Å². The summed E-state index contributed by atoms with van der Waals surface area (Å²) in [6.07, 6.45) is 6.44. The third-order valence-corrected chi connectivity index (χ3v) is 5.10. The first-order chi connectivity index (χ1) is 12.9. The van der Waals surface area contributed by atoms with Crippen LogP contribution in [0.1, 0.15) is 51.8 Å². The molecule has 6 nitrogen and oxygen atoms in total. The van der Waals surface area contributed by atoms with Crippen molar-refractivity contribution in [2.24, 2.45) is 0 Å². The maximum Gasteiger partial charge on any atom is 0.325 e. The molecule has 2 heterocycles. The highest BCUT2D eigenvalue weighted by molar-refractivity contribution is 6.30. The SMILES string of the molecule is CCCCCCC1(C)NC(=O)N(Cc2ncc(-c3ccc(Cl)cc3)o2)C1=O. The van der Waals surface area contributed by atoms with Crippen molar-refractivity contribution in [1.82, 2.24) is 15.2 Å². The van der Waals surface area contributed by atoms with Gasteiger partial charge in [-0.1, -0.05) is 44.2 Å². The van der Waals surface area contributed by atoms with Crippen molar-refractivity contribution in [2.45, 2.75) is 58.0 Å². The lowest BCUT2D eigenvalue weighted by Gasteiger charge is -2.21. The van der Waals surface area contributed by atoms with Crippen LogP contribution >= 0.6 is 11.6 Å². The van der Waals surface area contributed by atoms with Crippen LogP contribution in [-0.4, -0.2) is 27.4 Å². The lowest BCUT2D eigenvalue weighted by atomic mass is 9.94. The summed E-state index contributed by atoms with van der Waals surface area (Å²) in [7, 11) is 0. The predicted molar refractivity (Wildman–Crippen MR) is 103 cm³/mol. The second-order valence-corrected chi connectivity index (χ2v) is 7.53. The van der Waals surface area contributed by atoms with Crippen molar-refractivity contribution in [2.75, 3.05) is 0 Å². The summed E-state index contributed by atoms with van der Waals surface area (Å²) in [6, 6.07) is 6.78. The van der Waals surface area contributed by atoms with Crippen LogP contribution in [0.5, 0.6) is 0 Å². The first kappa shape index (κ1) is 19.4. The number of halogens is 1. The normalized spacial score (nSPS) is 19.6. The number of urea groups is 1. The monoisotopic (exact) mass is 389 g/mol. The molecule has 0 spiro atoms. The smallest absolute Gasteiger partial charge is 0.325 e. The number of carbonyl (C=O) groups excluding carboxylic acids is 2. The fourth-order valence-corrected chi connectivity index (χ4v) is 3.36. The molecule has 1 aromatic heterocycles. The predicted octanol–water partition coefficient (Wildman–Crippen LogP) is 4.78. The van der Waals surface area contributed by atoms with Crippen LogP contribution < -0.4 is 5.32 Å². The average Bonchev–Trinajstić information content (AvgIpc) is 3.19. The Hall–Kier alpha value is -2.34. The molecule has 1 unspecified atom stereocenters. The van der Waals surface area contributed by atoms with E-state index in [4.69, 9.17) is 16.0 Å². The lowest BCUT2D eigenvalue weighted by Crippen LogP contribution is -2.43. The summed E-state index contributed by atoms with van der Waals surface area (Å²) in [5, 5.41) is 3.46. The highest BCUT2D eigenvalue weighted by Crippen LogP contribution is 2.27. The van der Waals surface area contributed by atoms with Crippen LogP contribution in [0, 0.1) is 0 Å². The maximum atomic E-state index is 12.8. The number of amides is 3. The molecular formula is C20H24ClN3O3. The van der Waals surface area contributed by atoms with Gasteiger partial charge in [0.2, 0.25) is 5.89 Å². The number of unbranched alkanes of at least 4 members (excludes halogenated alkanes) is 3. The Labute approximate surface area is 163 Å². The first-order valence-electron chi connectivity index (χ1n) is 9.27. The molecule has 3 amide bonds. The number of nitrogens with one attached hydrogen (secondary N) is 1. The van der Waals surface area contributed by atoms with E-state index < -0.39 is 11.6 Å². The minimum atomic E-state index is -0.851.